The Morgan fingerprint density at radius 3 is 2.74 bits per heavy atom. The van der Waals surface area contributed by atoms with Gasteiger partial charge in [-0.05, 0) is 70.1 Å². The molecule has 3 rings (SSSR count). The Kier molecular flexibility index (Phi) is 6.78. The molecule has 0 radical (unpaired) electrons. The molecule has 0 spiro atoms. The molecule has 0 saturated carbocycles. The van der Waals surface area contributed by atoms with Crippen molar-refractivity contribution in [3.05, 3.63) is 24.5 Å². The predicted molar refractivity (Wildman–Crippen MR) is 113 cm³/mol. The molecule has 7 nitrogen and oxygen atoms in total. The van der Waals surface area contributed by atoms with E-state index >= 15 is 0 Å². The molecule has 0 bridgehead atoms. The lowest BCUT2D eigenvalue weighted by Crippen LogP contribution is -2.38. The van der Waals surface area contributed by atoms with E-state index in [0.29, 0.717) is 22.3 Å². The van der Waals surface area contributed by atoms with Gasteiger partial charge in [0.25, 0.3) is 0 Å². The quantitative estimate of drug-likeness (QED) is 0.443. The lowest BCUT2D eigenvalue weighted by molar-refractivity contribution is 0.480. The van der Waals surface area contributed by atoms with Gasteiger partial charge in [0.15, 0.2) is 10.3 Å². The van der Waals surface area contributed by atoms with Crippen LogP contribution >= 0.6 is 24.0 Å². The number of anilines is 2. The highest BCUT2D eigenvalue weighted by atomic mass is 32.2. The molecule has 2 N–H and O–H groups in total. The standard InChI is InChI=1S/C18H25N7S2/c1-12(2)21-17(26)24-16-22-14(25-10-5-4-7-13(25)3)11-15(23-16)27-18-19-8-6-9-20-18/h6,8-9,11-13H,4-5,7,10H2,1-3H3,(H2,21,22,23,24,26). The molecule has 9 heteroatoms. The smallest absolute Gasteiger partial charge is 0.232 e. The lowest BCUT2D eigenvalue weighted by Gasteiger charge is -2.34. The first-order valence-electron chi connectivity index (χ1n) is 9.19. The molecule has 1 saturated heterocycles. The summed E-state index contributed by atoms with van der Waals surface area (Å²) in [5.41, 5.74) is 0. The van der Waals surface area contributed by atoms with E-state index in [9.17, 15) is 0 Å². The van der Waals surface area contributed by atoms with Gasteiger partial charge in [-0.1, -0.05) is 0 Å². The second-order valence-corrected chi connectivity index (χ2v) is 8.21. The van der Waals surface area contributed by atoms with Crippen molar-refractivity contribution in [1.82, 2.24) is 25.3 Å². The van der Waals surface area contributed by atoms with Crippen molar-refractivity contribution >= 4 is 40.9 Å². The average molecular weight is 404 g/mol. The maximum Gasteiger partial charge on any atom is 0.232 e. The maximum atomic E-state index is 5.36. The van der Waals surface area contributed by atoms with E-state index in [2.05, 4.69) is 37.4 Å². The van der Waals surface area contributed by atoms with Gasteiger partial charge in [0.2, 0.25) is 5.95 Å². The summed E-state index contributed by atoms with van der Waals surface area (Å²) in [6.07, 6.45) is 7.06. The summed E-state index contributed by atoms with van der Waals surface area (Å²) in [7, 11) is 0. The molecule has 1 aliphatic rings. The average Bonchev–Trinajstić information content (AvgIpc) is 2.62. The number of nitrogens with zero attached hydrogens (tertiary/aromatic N) is 5. The molecule has 0 aliphatic carbocycles. The van der Waals surface area contributed by atoms with Crippen LogP contribution < -0.4 is 15.5 Å². The zero-order valence-electron chi connectivity index (χ0n) is 15.8. The fraction of sp³-hybridized carbons (Fsp3) is 0.500. The van der Waals surface area contributed by atoms with Crippen LogP contribution in [0.3, 0.4) is 0 Å². The van der Waals surface area contributed by atoms with Gasteiger partial charge >= 0.3 is 0 Å². The number of thiocarbonyl (C=S) groups is 1. The van der Waals surface area contributed by atoms with Crippen molar-refractivity contribution < 1.29 is 0 Å². The van der Waals surface area contributed by atoms with Gasteiger partial charge in [0, 0.05) is 37.1 Å². The molecule has 0 amide bonds. The van der Waals surface area contributed by atoms with E-state index in [0.717, 1.165) is 17.4 Å². The van der Waals surface area contributed by atoms with Crippen LogP contribution in [0.25, 0.3) is 0 Å². The first-order chi connectivity index (χ1) is 13.0. The van der Waals surface area contributed by atoms with Crippen LogP contribution in [0, 0.1) is 0 Å². The number of piperidine rings is 1. The third-order valence-corrected chi connectivity index (χ3v) is 5.20. The summed E-state index contributed by atoms with van der Waals surface area (Å²) in [5, 5.41) is 8.23. The van der Waals surface area contributed by atoms with E-state index in [-0.39, 0.29) is 6.04 Å². The fourth-order valence-electron chi connectivity index (χ4n) is 2.94. The monoisotopic (exact) mass is 403 g/mol. The van der Waals surface area contributed by atoms with Crippen LogP contribution in [-0.4, -0.2) is 43.7 Å². The number of aromatic nitrogens is 4. The second-order valence-electron chi connectivity index (χ2n) is 6.81. The van der Waals surface area contributed by atoms with Gasteiger partial charge < -0.3 is 15.5 Å². The number of rotatable bonds is 5. The number of nitrogens with one attached hydrogen (secondary N) is 2. The van der Waals surface area contributed by atoms with Gasteiger partial charge in [0.1, 0.15) is 10.8 Å². The Labute approximate surface area is 169 Å². The molecule has 1 fully saturated rings. The second kappa shape index (κ2) is 9.27. The highest BCUT2D eigenvalue weighted by Crippen LogP contribution is 2.29. The van der Waals surface area contributed by atoms with Crippen LogP contribution in [0.2, 0.25) is 0 Å². The molecule has 1 atom stereocenters. The van der Waals surface area contributed by atoms with Crippen LogP contribution in [0.5, 0.6) is 0 Å². The lowest BCUT2D eigenvalue weighted by atomic mass is 10.0. The van der Waals surface area contributed by atoms with Gasteiger partial charge in [-0.2, -0.15) is 4.98 Å². The summed E-state index contributed by atoms with van der Waals surface area (Å²) < 4.78 is 0. The minimum atomic E-state index is 0.238. The maximum absolute atomic E-state index is 5.36. The van der Waals surface area contributed by atoms with E-state index in [1.54, 1.807) is 18.5 Å². The Morgan fingerprint density at radius 2 is 2.04 bits per heavy atom. The minimum Gasteiger partial charge on any atom is -0.360 e. The Hall–Kier alpha value is -2.00. The summed E-state index contributed by atoms with van der Waals surface area (Å²) in [5.74, 6) is 1.40. The van der Waals surface area contributed by atoms with E-state index in [4.69, 9.17) is 17.2 Å². The third kappa shape index (κ3) is 5.74. The van der Waals surface area contributed by atoms with Gasteiger partial charge in [-0.15, -0.1) is 0 Å². The molecule has 27 heavy (non-hydrogen) atoms. The Balaban J connectivity index is 1.88. The molecular formula is C18H25N7S2. The van der Waals surface area contributed by atoms with Crippen LogP contribution in [0.15, 0.2) is 34.7 Å². The van der Waals surface area contributed by atoms with Crippen LogP contribution in [0.1, 0.15) is 40.0 Å². The highest BCUT2D eigenvalue weighted by Gasteiger charge is 2.21. The number of hydrogen-bond acceptors (Lipinski definition) is 7. The zero-order chi connectivity index (χ0) is 19.2. The first kappa shape index (κ1) is 19.8. The van der Waals surface area contributed by atoms with Gasteiger partial charge in [-0.25, -0.2) is 15.0 Å². The van der Waals surface area contributed by atoms with Crippen molar-refractivity contribution in [3.63, 3.8) is 0 Å². The Morgan fingerprint density at radius 1 is 1.26 bits per heavy atom. The van der Waals surface area contributed by atoms with Crippen molar-refractivity contribution in [2.24, 2.45) is 0 Å². The highest BCUT2D eigenvalue weighted by molar-refractivity contribution is 7.99. The van der Waals surface area contributed by atoms with Crippen LogP contribution in [0.4, 0.5) is 11.8 Å². The Bertz CT molecular complexity index is 770. The zero-order valence-corrected chi connectivity index (χ0v) is 17.5. The molecule has 144 valence electrons. The number of hydrogen-bond donors (Lipinski definition) is 2. The molecule has 3 heterocycles. The topological polar surface area (TPSA) is 78.9 Å². The molecular weight excluding hydrogens is 378 g/mol. The van der Waals surface area contributed by atoms with Crippen molar-refractivity contribution in [2.45, 2.75) is 62.3 Å². The minimum absolute atomic E-state index is 0.238. The van der Waals surface area contributed by atoms with E-state index in [1.807, 2.05) is 19.9 Å². The largest absolute Gasteiger partial charge is 0.360 e. The molecule has 1 aliphatic heterocycles. The summed E-state index contributed by atoms with van der Waals surface area (Å²) in [6.45, 7) is 7.31. The van der Waals surface area contributed by atoms with Crippen molar-refractivity contribution in [3.8, 4) is 0 Å². The molecule has 1 unspecified atom stereocenters. The summed E-state index contributed by atoms with van der Waals surface area (Å²) in [6, 6.07) is 4.50. The van der Waals surface area contributed by atoms with Crippen molar-refractivity contribution in [2.75, 3.05) is 16.8 Å². The summed E-state index contributed by atoms with van der Waals surface area (Å²) in [4.78, 5) is 20.2. The molecule has 0 aromatic carbocycles. The van der Waals surface area contributed by atoms with Gasteiger partial charge in [-0.3, -0.25) is 0 Å². The summed E-state index contributed by atoms with van der Waals surface area (Å²) >= 11 is 6.78. The fourth-order valence-corrected chi connectivity index (χ4v) is 3.98. The first-order valence-corrected chi connectivity index (χ1v) is 10.4. The molecule has 2 aromatic heterocycles. The van der Waals surface area contributed by atoms with Crippen LogP contribution in [-0.2, 0) is 0 Å². The third-order valence-electron chi connectivity index (χ3n) is 4.17. The predicted octanol–water partition coefficient (Wildman–Crippen LogP) is 3.49. The van der Waals surface area contributed by atoms with Gasteiger partial charge in [0.05, 0.1) is 0 Å². The van der Waals surface area contributed by atoms with E-state index in [1.165, 1.54) is 31.0 Å². The van der Waals surface area contributed by atoms with E-state index < -0.39 is 0 Å². The van der Waals surface area contributed by atoms with Crippen molar-refractivity contribution in [1.29, 1.82) is 0 Å². The molecule has 2 aromatic rings. The SMILES string of the molecule is CC(C)NC(=S)Nc1nc(Sc2ncccn2)cc(N2CCCCC2C)n1. The normalized spacial score (nSPS) is 17.0.